The monoisotopic (exact) mass is 506 g/mol. The molecule has 0 bridgehead atoms. The molecule has 178 valence electrons. The summed E-state index contributed by atoms with van der Waals surface area (Å²) >= 11 is 6.04. The maximum Gasteiger partial charge on any atom is 0.418 e. The summed E-state index contributed by atoms with van der Waals surface area (Å²) in [6.07, 6.45) is -4.07. The first-order valence-corrected chi connectivity index (χ1v) is 9.61. The molecule has 3 rings (SSSR count). The van der Waals surface area contributed by atoms with E-state index in [-0.39, 0.29) is 33.9 Å². The molecule has 0 aliphatic heterocycles. The summed E-state index contributed by atoms with van der Waals surface area (Å²) in [6.45, 7) is 0. The number of nitro groups is 2. The third-order valence-electron chi connectivity index (χ3n) is 4.47. The van der Waals surface area contributed by atoms with E-state index in [4.69, 9.17) is 16.0 Å². The summed E-state index contributed by atoms with van der Waals surface area (Å²) in [5, 5.41) is 32.9. The minimum absolute atomic E-state index is 0.000167. The number of hydrogen-bond donors (Lipinski definition) is 1. The molecule has 0 aliphatic rings. The van der Waals surface area contributed by atoms with Crippen molar-refractivity contribution < 1.29 is 32.2 Å². The largest absolute Gasteiger partial charge is 0.457 e. The number of nitrogens with one attached hydrogen (secondary N) is 1. The average molecular weight is 507 g/mol. The van der Waals surface area contributed by atoms with Crippen LogP contribution in [0.3, 0.4) is 0 Å². The normalized spacial score (nSPS) is 11.6. The molecule has 0 unspecified atom stereocenters. The van der Waals surface area contributed by atoms with Gasteiger partial charge >= 0.3 is 6.18 Å². The number of carbonyl (C=O) groups excluding carboxylic acids is 1. The van der Waals surface area contributed by atoms with Gasteiger partial charge in [-0.3, -0.25) is 25.0 Å². The van der Waals surface area contributed by atoms with Crippen molar-refractivity contribution in [1.29, 1.82) is 5.26 Å². The van der Waals surface area contributed by atoms with Gasteiger partial charge in [0.25, 0.3) is 17.3 Å². The summed E-state index contributed by atoms with van der Waals surface area (Å²) < 4.78 is 45.5. The number of furan rings is 1. The lowest BCUT2D eigenvalue weighted by Gasteiger charge is -2.13. The van der Waals surface area contributed by atoms with Crippen molar-refractivity contribution in [3.63, 3.8) is 0 Å². The first-order chi connectivity index (χ1) is 16.4. The highest BCUT2D eigenvalue weighted by atomic mass is 35.5. The van der Waals surface area contributed by atoms with Gasteiger partial charge in [-0.15, -0.1) is 0 Å². The van der Waals surface area contributed by atoms with Crippen molar-refractivity contribution in [2.75, 3.05) is 5.32 Å². The number of hydrogen-bond acceptors (Lipinski definition) is 7. The van der Waals surface area contributed by atoms with Crippen LogP contribution in [0.1, 0.15) is 11.3 Å². The molecule has 0 spiro atoms. The fourth-order valence-electron chi connectivity index (χ4n) is 2.86. The second-order valence-electron chi connectivity index (χ2n) is 6.73. The van der Waals surface area contributed by atoms with Crippen LogP contribution in [-0.2, 0) is 11.0 Å². The molecule has 14 heteroatoms. The van der Waals surface area contributed by atoms with Gasteiger partial charge in [-0.1, -0.05) is 11.6 Å². The molecule has 0 aliphatic carbocycles. The Hall–Kier alpha value is -4.70. The number of rotatable bonds is 6. The van der Waals surface area contributed by atoms with E-state index < -0.39 is 44.4 Å². The van der Waals surface area contributed by atoms with Crippen LogP contribution in [0.4, 0.5) is 30.2 Å². The van der Waals surface area contributed by atoms with Crippen LogP contribution in [-0.4, -0.2) is 15.8 Å². The van der Waals surface area contributed by atoms with Gasteiger partial charge in [0.1, 0.15) is 23.2 Å². The van der Waals surface area contributed by atoms with Crippen molar-refractivity contribution in [3.05, 3.63) is 90.7 Å². The molecule has 3 aromatic rings. The van der Waals surface area contributed by atoms with Gasteiger partial charge in [-0.25, -0.2) is 0 Å². The number of carbonyl (C=O) groups is 1. The van der Waals surface area contributed by atoms with Crippen LogP contribution in [0.5, 0.6) is 0 Å². The molecule has 1 heterocycles. The molecular weight excluding hydrogens is 497 g/mol. The van der Waals surface area contributed by atoms with Gasteiger partial charge in [0, 0.05) is 35.9 Å². The topological polar surface area (TPSA) is 152 Å². The summed E-state index contributed by atoms with van der Waals surface area (Å²) in [7, 11) is 0. The van der Waals surface area contributed by atoms with E-state index in [2.05, 4.69) is 0 Å². The third-order valence-corrected chi connectivity index (χ3v) is 4.79. The highest BCUT2D eigenvalue weighted by Gasteiger charge is 2.36. The molecule has 10 nitrogen and oxygen atoms in total. The standard InChI is InChI=1S/C21H10ClF3N4O6/c22-17-9-13(29(33)34)1-4-15(17)19-6-3-14(35-19)7-11(10-26)20(30)27-18-5-2-12(28(31)32)8-16(18)21(23,24)25/h1-9H,(H,27,30)/b11-7+. The van der Waals surface area contributed by atoms with Crippen molar-refractivity contribution in [1.82, 2.24) is 0 Å². The molecular formula is C21H10ClF3N4O6. The maximum absolute atomic E-state index is 13.3. The highest BCUT2D eigenvalue weighted by Crippen LogP contribution is 2.37. The Labute approximate surface area is 198 Å². The Kier molecular flexibility index (Phi) is 6.88. The molecule has 0 radical (unpaired) electrons. The fourth-order valence-corrected chi connectivity index (χ4v) is 3.13. The second-order valence-corrected chi connectivity index (χ2v) is 7.14. The zero-order valence-electron chi connectivity index (χ0n) is 17.0. The SMILES string of the molecule is N#C/C(=C\c1ccc(-c2ccc([N+](=O)[O-])cc2Cl)o1)C(=O)Nc1ccc([N+](=O)[O-])cc1C(F)(F)F. The van der Waals surface area contributed by atoms with E-state index in [9.17, 15) is 43.5 Å². The smallest absolute Gasteiger partial charge is 0.418 e. The predicted molar refractivity (Wildman–Crippen MR) is 116 cm³/mol. The van der Waals surface area contributed by atoms with Crippen molar-refractivity contribution in [2.45, 2.75) is 6.18 Å². The second kappa shape index (κ2) is 9.65. The lowest BCUT2D eigenvalue weighted by molar-refractivity contribution is -0.385. The molecule has 1 N–H and O–H groups in total. The van der Waals surface area contributed by atoms with E-state index in [1.807, 2.05) is 5.32 Å². The summed E-state index contributed by atoms with van der Waals surface area (Å²) in [5.41, 5.74) is -3.69. The fraction of sp³-hybridized carbons (Fsp3) is 0.0476. The number of non-ortho nitro benzene ring substituents is 2. The molecule has 2 aromatic carbocycles. The molecule has 0 atom stereocenters. The summed E-state index contributed by atoms with van der Waals surface area (Å²) in [5.74, 6) is -1.12. The van der Waals surface area contributed by atoms with Gasteiger partial charge in [0.05, 0.1) is 26.1 Å². The number of halogens is 4. The first kappa shape index (κ1) is 24.9. The van der Waals surface area contributed by atoms with Gasteiger partial charge in [0.15, 0.2) is 0 Å². The Bertz CT molecular complexity index is 1430. The first-order valence-electron chi connectivity index (χ1n) is 9.23. The number of nitrogens with zero attached hydrogens (tertiary/aromatic N) is 3. The molecule has 35 heavy (non-hydrogen) atoms. The number of alkyl halides is 3. The number of nitro benzene ring substituents is 2. The van der Waals surface area contributed by atoms with Crippen molar-refractivity contribution >= 4 is 40.6 Å². The Morgan fingerprint density at radius 1 is 1.06 bits per heavy atom. The van der Waals surface area contributed by atoms with Crippen LogP contribution in [0.2, 0.25) is 5.02 Å². The van der Waals surface area contributed by atoms with Gasteiger partial charge in [-0.05, 0) is 24.3 Å². The molecule has 1 aromatic heterocycles. The number of anilines is 1. The lowest BCUT2D eigenvalue weighted by atomic mass is 10.1. The minimum Gasteiger partial charge on any atom is -0.457 e. The Morgan fingerprint density at radius 3 is 2.26 bits per heavy atom. The van der Waals surface area contributed by atoms with Crippen molar-refractivity contribution in [2.24, 2.45) is 0 Å². The van der Waals surface area contributed by atoms with E-state index in [1.165, 1.54) is 30.3 Å². The van der Waals surface area contributed by atoms with Crippen LogP contribution >= 0.6 is 11.6 Å². The van der Waals surface area contributed by atoms with Crippen LogP contribution < -0.4 is 5.32 Å². The molecule has 1 amide bonds. The van der Waals surface area contributed by atoms with Crippen LogP contribution in [0.15, 0.2) is 58.5 Å². The summed E-state index contributed by atoms with van der Waals surface area (Å²) in [6, 6.07) is 9.64. The van der Waals surface area contributed by atoms with E-state index in [0.29, 0.717) is 6.07 Å². The number of amides is 1. The number of nitriles is 1. The summed E-state index contributed by atoms with van der Waals surface area (Å²) in [4.78, 5) is 32.4. The van der Waals surface area contributed by atoms with Gasteiger partial charge in [-0.2, -0.15) is 18.4 Å². The van der Waals surface area contributed by atoms with Crippen LogP contribution in [0, 0.1) is 31.6 Å². The quantitative estimate of drug-likeness (QED) is 0.187. The van der Waals surface area contributed by atoms with E-state index in [0.717, 1.165) is 18.2 Å². The maximum atomic E-state index is 13.3. The van der Waals surface area contributed by atoms with E-state index in [1.54, 1.807) is 0 Å². The van der Waals surface area contributed by atoms with Gasteiger partial charge < -0.3 is 9.73 Å². The third kappa shape index (κ3) is 5.63. The molecule has 0 saturated heterocycles. The van der Waals surface area contributed by atoms with Crippen LogP contribution in [0.25, 0.3) is 17.4 Å². The Balaban J connectivity index is 1.89. The highest BCUT2D eigenvalue weighted by molar-refractivity contribution is 6.33. The lowest BCUT2D eigenvalue weighted by Crippen LogP contribution is -2.18. The minimum atomic E-state index is -5.02. The zero-order chi connectivity index (χ0) is 25.9. The number of benzene rings is 2. The van der Waals surface area contributed by atoms with E-state index >= 15 is 0 Å². The van der Waals surface area contributed by atoms with Crippen molar-refractivity contribution in [3.8, 4) is 17.4 Å². The average Bonchev–Trinajstić information content (AvgIpc) is 3.24. The predicted octanol–water partition coefficient (Wildman–Crippen LogP) is 5.98. The molecule has 0 fully saturated rings. The molecule has 0 saturated carbocycles. The van der Waals surface area contributed by atoms with Gasteiger partial charge in [0.2, 0.25) is 0 Å². The Morgan fingerprint density at radius 2 is 1.69 bits per heavy atom. The zero-order valence-corrected chi connectivity index (χ0v) is 17.8.